The second kappa shape index (κ2) is 5.14. The van der Waals surface area contributed by atoms with Gasteiger partial charge in [-0.25, -0.2) is 0 Å². The second-order valence-corrected chi connectivity index (χ2v) is 6.90. The van der Waals surface area contributed by atoms with Crippen molar-refractivity contribution in [2.45, 2.75) is 82.8 Å². The minimum atomic E-state index is -0.781. The van der Waals surface area contributed by atoms with E-state index in [1.807, 2.05) is 27.7 Å². The predicted octanol–water partition coefficient (Wildman–Crippen LogP) is 0.987. The second-order valence-electron chi connectivity index (χ2n) is 6.90. The number of hydrogen-bond acceptors (Lipinski definition) is 7. The number of methoxy groups -OCH3 is 1. The molecule has 2 heterocycles. The highest BCUT2D eigenvalue weighted by atomic mass is 16.8. The first-order chi connectivity index (χ1) is 10.1. The maximum atomic E-state index is 11.5. The first-order valence-electron chi connectivity index (χ1n) is 7.55. The summed E-state index contributed by atoms with van der Waals surface area (Å²) in [5.74, 6) is -1.93. The Balaban J connectivity index is 1.96. The van der Waals surface area contributed by atoms with E-state index in [1.165, 1.54) is 6.92 Å². The molecule has 0 N–H and O–H groups in total. The van der Waals surface area contributed by atoms with Crippen molar-refractivity contribution in [3.8, 4) is 0 Å². The molecule has 22 heavy (non-hydrogen) atoms. The third kappa shape index (κ3) is 2.65. The maximum Gasteiger partial charge on any atom is 0.303 e. The van der Waals surface area contributed by atoms with Crippen LogP contribution in [0.1, 0.15) is 34.6 Å². The van der Waals surface area contributed by atoms with Gasteiger partial charge < -0.3 is 28.4 Å². The van der Waals surface area contributed by atoms with Gasteiger partial charge in [0, 0.05) is 14.0 Å². The van der Waals surface area contributed by atoms with Crippen LogP contribution >= 0.6 is 0 Å². The zero-order valence-electron chi connectivity index (χ0n) is 13.8. The fourth-order valence-corrected chi connectivity index (χ4v) is 3.62. The molecule has 6 atom stereocenters. The fourth-order valence-electron chi connectivity index (χ4n) is 3.62. The summed E-state index contributed by atoms with van der Waals surface area (Å²) in [6.45, 7) is 8.70. The van der Waals surface area contributed by atoms with Crippen LogP contribution in [-0.2, 0) is 33.2 Å². The Morgan fingerprint density at radius 2 is 1.23 bits per heavy atom. The van der Waals surface area contributed by atoms with Crippen molar-refractivity contribution < 1.29 is 33.2 Å². The predicted molar refractivity (Wildman–Crippen MR) is 74.0 cm³/mol. The Morgan fingerprint density at radius 3 is 1.64 bits per heavy atom. The molecular weight excluding hydrogens is 292 g/mol. The first-order valence-corrected chi connectivity index (χ1v) is 7.55. The van der Waals surface area contributed by atoms with E-state index in [2.05, 4.69) is 0 Å². The summed E-state index contributed by atoms with van der Waals surface area (Å²) in [7, 11) is 1.56. The van der Waals surface area contributed by atoms with Crippen LogP contribution in [0, 0.1) is 0 Å². The zero-order chi connectivity index (χ0) is 16.3. The van der Waals surface area contributed by atoms with Crippen LogP contribution in [0.3, 0.4) is 0 Å². The van der Waals surface area contributed by atoms with Gasteiger partial charge in [-0.1, -0.05) is 0 Å². The molecule has 0 amide bonds. The van der Waals surface area contributed by atoms with Crippen molar-refractivity contribution in [1.29, 1.82) is 0 Å². The standard InChI is InChI=1S/C15H24O7/c1-7(16)18-9-8(17-6)10-12(21-14(2,3)19-10)13-11(9)20-15(4,5)22-13/h8-13H,1-6H3/t8-,9-,10+,11+,12+,13+/m0/s1. The van der Waals surface area contributed by atoms with Gasteiger partial charge in [0.05, 0.1) is 0 Å². The van der Waals surface area contributed by atoms with Gasteiger partial charge in [0.2, 0.25) is 0 Å². The van der Waals surface area contributed by atoms with Crippen LogP contribution in [0.4, 0.5) is 0 Å². The lowest BCUT2D eigenvalue weighted by molar-refractivity contribution is -0.202. The topological polar surface area (TPSA) is 72.5 Å². The van der Waals surface area contributed by atoms with Crippen molar-refractivity contribution in [2.24, 2.45) is 0 Å². The molecule has 7 heteroatoms. The third-order valence-corrected chi connectivity index (χ3v) is 4.20. The third-order valence-electron chi connectivity index (χ3n) is 4.20. The van der Waals surface area contributed by atoms with Gasteiger partial charge >= 0.3 is 5.97 Å². The van der Waals surface area contributed by atoms with E-state index in [0.29, 0.717) is 0 Å². The van der Waals surface area contributed by atoms with E-state index in [1.54, 1.807) is 7.11 Å². The van der Waals surface area contributed by atoms with Crippen LogP contribution in [-0.4, -0.2) is 61.3 Å². The summed E-state index contributed by atoms with van der Waals surface area (Å²) >= 11 is 0. The van der Waals surface area contributed by atoms with Crippen molar-refractivity contribution in [2.75, 3.05) is 7.11 Å². The molecule has 3 rings (SSSR count). The van der Waals surface area contributed by atoms with Crippen LogP contribution in [0.15, 0.2) is 0 Å². The lowest BCUT2D eigenvalue weighted by atomic mass is 9.84. The summed E-state index contributed by atoms with van der Waals surface area (Å²) in [5, 5.41) is 0. The Bertz CT molecular complexity index is 461. The lowest BCUT2D eigenvalue weighted by Crippen LogP contribution is -2.63. The van der Waals surface area contributed by atoms with Crippen molar-refractivity contribution in [3.63, 3.8) is 0 Å². The average Bonchev–Trinajstić information content (AvgIpc) is 2.84. The Hall–Kier alpha value is -0.730. The first kappa shape index (κ1) is 16.1. The van der Waals surface area contributed by atoms with E-state index in [4.69, 9.17) is 28.4 Å². The number of carbonyl (C=O) groups is 1. The highest BCUT2D eigenvalue weighted by Gasteiger charge is 2.64. The summed E-state index contributed by atoms with van der Waals surface area (Å²) in [5.41, 5.74) is 0. The molecule has 7 nitrogen and oxygen atoms in total. The summed E-state index contributed by atoms with van der Waals surface area (Å²) < 4.78 is 35.0. The fraction of sp³-hybridized carbons (Fsp3) is 0.933. The molecule has 0 radical (unpaired) electrons. The quantitative estimate of drug-likeness (QED) is 0.703. The van der Waals surface area contributed by atoms with Crippen LogP contribution in [0.5, 0.6) is 0 Å². The van der Waals surface area contributed by atoms with Gasteiger partial charge in [0.15, 0.2) is 17.7 Å². The average molecular weight is 316 g/mol. The molecule has 3 fully saturated rings. The number of hydrogen-bond donors (Lipinski definition) is 0. The van der Waals surface area contributed by atoms with Crippen LogP contribution in [0.25, 0.3) is 0 Å². The molecule has 0 unspecified atom stereocenters. The van der Waals surface area contributed by atoms with Crippen molar-refractivity contribution >= 4 is 5.97 Å². The van der Waals surface area contributed by atoms with Gasteiger partial charge in [-0.2, -0.15) is 0 Å². The highest BCUT2D eigenvalue weighted by molar-refractivity contribution is 5.66. The Kier molecular flexibility index (Phi) is 3.77. The minimum absolute atomic E-state index is 0.335. The summed E-state index contributed by atoms with van der Waals surface area (Å²) in [6.07, 6.45) is -2.63. The van der Waals surface area contributed by atoms with Crippen LogP contribution in [0.2, 0.25) is 0 Å². The lowest BCUT2D eigenvalue weighted by Gasteiger charge is -2.41. The van der Waals surface area contributed by atoms with E-state index in [-0.39, 0.29) is 18.3 Å². The molecule has 3 aliphatic rings. The number of rotatable bonds is 2. The van der Waals surface area contributed by atoms with Gasteiger partial charge in [-0.05, 0) is 27.7 Å². The highest BCUT2D eigenvalue weighted by Crippen LogP contribution is 2.46. The Morgan fingerprint density at radius 1 is 0.818 bits per heavy atom. The molecule has 0 aromatic heterocycles. The van der Waals surface area contributed by atoms with Crippen molar-refractivity contribution in [1.82, 2.24) is 0 Å². The largest absolute Gasteiger partial charge is 0.457 e. The maximum absolute atomic E-state index is 11.5. The molecule has 0 spiro atoms. The van der Waals surface area contributed by atoms with E-state index in [9.17, 15) is 4.79 Å². The zero-order valence-corrected chi connectivity index (χ0v) is 13.8. The summed E-state index contributed by atoms with van der Waals surface area (Å²) in [4.78, 5) is 11.5. The SMILES string of the molecule is CO[C@H]1[C@H](OC(C)=O)[C@H]2OC(C)(C)O[C@H]2[C@@H]2OC(C)(C)O[C@H]12. The number of esters is 1. The molecule has 1 aliphatic carbocycles. The molecule has 1 saturated carbocycles. The molecule has 0 bridgehead atoms. The van der Waals surface area contributed by atoms with Gasteiger partial charge in [-0.15, -0.1) is 0 Å². The van der Waals surface area contributed by atoms with Gasteiger partial charge in [0.1, 0.15) is 30.5 Å². The number of carbonyl (C=O) groups excluding carboxylic acids is 1. The number of fused-ring (bicyclic) bond motifs is 3. The molecule has 2 aliphatic heterocycles. The van der Waals surface area contributed by atoms with Gasteiger partial charge in [0.25, 0.3) is 0 Å². The van der Waals surface area contributed by atoms with E-state index >= 15 is 0 Å². The number of ether oxygens (including phenoxy) is 6. The van der Waals surface area contributed by atoms with Crippen LogP contribution < -0.4 is 0 Å². The van der Waals surface area contributed by atoms with Crippen molar-refractivity contribution in [3.05, 3.63) is 0 Å². The molecule has 0 aromatic rings. The van der Waals surface area contributed by atoms with E-state index < -0.39 is 35.9 Å². The molecule has 2 saturated heterocycles. The summed E-state index contributed by atoms with van der Waals surface area (Å²) in [6, 6.07) is 0. The molecular formula is C15H24O7. The minimum Gasteiger partial charge on any atom is -0.457 e. The van der Waals surface area contributed by atoms with E-state index in [0.717, 1.165) is 0 Å². The smallest absolute Gasteiger partial charge is 0.303 e. The molecule has 0 aromatic carbocycles. The molecule has 126 valence electrons. The Labute approximate surface area is 130 Å². The monoisotopic (exact) mass is 316 g/mol. The van der Waals surface area contributed by atoms with Gasteiger partial charge in [-0.3, -0.25) is 4.79 Å². The normalized spacial score (nSPS) is 45.2.